The molecule has 6 heteroatoms. The fourth-order valence-corrected chi connectivity index (χ4v) is 3.06. The van der Waals surface area contributed by atoms with Gasteiger partial charge in [-0.2, -0.15) is 0 Å². The normalized spacial score (nSPS) is 17.9. The molecule has 0 aliphatic carbocycles. The molecule has 1 saturated heterocycles. The van der Waals surface area contributed by atoms with Gasteiger partial charge in [-0.15, -0.1) is 0 Å². The summed E-state index contributed by atoms with van der Waals surface area (Å²) in [6, 6.07) is 7.66. The number of carboxylic acid groups (broad SMARTS) is 1. The molecule has 0 saturated carbocycles. The number of rotatable bonds is 5. The van der Waals surface area contributed by atoms with Crippen molar-refractivity contribution in [2.75, 3.05) is 29.9 Å². The third-order valence-electron chi connectivity index (χ3n) is 4.17. The average molecular weight is 319 g/mol. The van der Waals surface area contributed by atoms with E-state index in [1.165, 1.54) is 6.92 Å². The molecule has 23 heavy (non-hydrogen) atoms. The number of piperazine rings is 1. The number of nitrogens with one attached hydrogen (secondary N) is 1. The molecule has 6 nitrogen and oxygen atoms in total. The van der Waals surface area contributed by atoms with Gasteiger partial charge >= 0.3 is 6.09 Å². The minimum absolute atomic E-state index is 0.00779. The van der Waals surface area contributed by atoms with Crippen LogP contribution < -0.4 is 10.2 Å². The molecule has 2 amide bonds. The van der Waals surface area contributed by atoms with E-state index in [9.17, 15) is 14.7 Å². The number of carbonyl (C=O) groups is 2. The Labute approximate surface area is 137 Å². The molecule has 1 heterocycles. The van der Waals surface area contributed by atoms with Crippen molar-refractivity contribution in [2.45, 2.75) is 39.2 Å². The summed E-state index contributed by atoms with van der Waals surface area (Å²) in [6.07, 6.45) is 2.07. The van der Waals surface area contributed by atoms with Gasteiger partial charge in [-0.3, -0.25) is 4.79 Å². The second kappa shape index (κ2) is 7.85. The van der Waals surface area contributed by atoms with Gasteiger partial charge in [0.1, 0.15) is 0 Å². The molecular formula is C17H25N3O3. The number of benzene rings is 1. The zero-order valence-corrected chi connectivity index (χ0v) is 13.8. The molecule has 1 atom stereocenters. The molecule has 1 fully saturated rings. The van der Waals surface area contributed by atoms with Crippen LogP contribution in [0, 0.1) is 0 Å². The Morgan fingerprint density at radius 1 is 1.30 bits per heavy atom. The number of hydrogen-bond acceptors (Lipinski definition) is 3. The highest BCUT2D eigenvalue weighted by molar-refractivity contribution is 5.92. The Balaban J connectivity index is 2.18. The molecular weight excluding hydrogens is 294 g/mol. The SMILES string of the molecule is CCCCC1CN(c2ccccc2NC(C)=O)CCN1C(=O)O. The van der Waals surface area contributed by atoms with Gasteiger partial charge in [0.25, 0.3) is 0 Å². The summed E-state index contributed by atoms with van der Waals surface area (Å²) in [6.45, 7) is 5.37. The molecule has 2 rings (SSSR count). The molecule has 0 radical (unpaired) electrons. The first-order valence-electron chi connectivity index (χ1n) is 8.14. The average Bonchev–Trinajstić information content (AvgIpc) is 2.52. The molecule has 1 aliphatic heterocycles. The lowest BCUT2D eigenvalue weighted by molar-refractivity contribution is -0.114. The van der Waals surface area contributed by atoms with Gasteiger partial charge in [-0.1, -0.05) is 31.9 Å². The zero-order chi connectivity index (χ0) is 16.8. The highest BCUT2D eigenvalue weighted by Crippen LogP contribution is 2.28. The van der Waals surface area contributed by atoms with E-state index < -0.39 is 6.09 Å². The summed E-state index contributed by atoms with van der Waals surface area (Å²) >= 11 is 0. The van der Waals surface area contributed by atoms with E-state index in [0.717, 1.165) is 30.6 Å². The topological polar surface area (TPSA) is 72.9 Å². The van der Waals surface area contributed by atoms with Crippen LogP contribution in [0.5, 0.6) is 0 Å². The number of carbonyl (C=O) groups excluding carboxylic acids is 1. The second-order valence-corrected chi connectivity index (χ2v) is 5.92. The lowest BCUT2D eigenvalue weighted by Gasteiger charge is -2.41. The first kappa shape index (κ1) is 17.1. The van der Waals surface area contributed by atoms with Gasteiger partial charge in [0, 0.05) is 26.6 Å². The van der Waals surface area contributed by atoms with Gasteiger partial charge in [-0.25, -0.2) is 4.79 Å². The lowest BCUT2D eigenvalue weighted by Crippen LogP contribution is -2.55. The minimum atomic E-state index is -0.846. The Morgan fingerprint density at radius 3 is 2.70 bits per heavy atom. The third kappa shape index (κ3) is 4.37. The largest absolute Gasteiger partial charge is 0.465 e. The van der Waals surface area contributed by atoms with E-state index in [1.807, 2.05) is 24.3 Å². The smallest absolute Gasteiger partial charge is 0.407 e. The first-order chi connectivity index (χ1) is 11.0. The van der Waals surface area contributed by atoms with Gasteiger partial charge in [-0.05, 0) is 18.6 Å². The van der Waals surface area contributed by atoms with Crippen molar-refractivity contribution in [1.29, 1.82) is 0 Å². The Bertz CT molecular complexity index is 562. The van der Waals surface area contributed by atoms with Crippen molar-refractivity contribution < 1.29 is 14.7 Å². The van der Waals surface area contributed by atoms with Crippen molar-refractivity contribution in [3.8, 4) is 0 Å². The van der Waals surface area contributed by atoms with Crippen LogP contribution in [0.15, 0.2) is 24.3 Å². The maximum atomic E-state index is 11.4. The van der Waals surface area contributed by atoms with E-state index in [2.05, 4.69) is 17.1 Å². The summed E-state index contributed by atoms with van der Waals surface area (Å²) < 4.78 is 0. The third-order valence-corrected chi connectivity index (χ3v) is 4.17. The molecule has 0 spiro atoms. The number of amides is 2. The Kier molecular flexibility index (Phi) is 5.84. The number of hydrogen-bond donors (Lipinski definition) is 2. The van der Waals surface area contributed by atoms with Crippen LogP contribution in [-0.2, 0) is 4.79 Å². The van der Waals surface area contributed by atoms with Gasteiger partial charge < -0.3 is 20.2 Å². The van der Waals surface area contributed by atoms with Crippen LogP contribution in [0.1, 0.15) is 33.1 Å². The number of unbranched alkanes of at least 4 members (excludes halogenated alkanes) is 1. The molecule has 1 aliphatic rings. The van der Waals surface area contributed by atoms with Crippen LogP contribution in [0.4, 0.5) is 16.2 Å². The fraction of sp³-hybridized carbons (Fsp3) is 0.529. The van der Waals surface area contributed by atoms with Crippen LogP contribution in [-0.4, -0.2) is 47.7 Å². The molecule has 1 unspecified atom stereocenters. The molecule has 2 N–H and O–H groups in total. The zero-order valence-electron chi connectivity index (χ0n) is 13.8. The molecule has 0 aromatic heterocycles. The van der Waals surface area contributed by atoms with Crippen molar-refractivity contribution in [3.05, 3.63) is 24.3 Å². The Hall–Kier alpha value is -2.24. The Morgan fingerprint density at radius 2 is 2.04 bits per heavy atom. The van der Waals surface area contributed by atoms with E-state index in [-0.39, 0.29) is 11.9 Å². The maximum absolute atomic E-state index is 11.4. The number of nitrogens with zero attached hydrogens (tertiary/aromatic N) is 2. The quantitative estimate of drug-likeness (QED) is 0.875. The summed E-state index contributed by atoms with van der Waals surface area (Å²) in [5.41, 5.74) is 1.73. The summed E-state index contributed by atoms with van der Waals surface area (Å²) in [4.78, 5) is 26.5. The highest BCUT2D eigenvalue weighted by Gasteiger charge is 2.30. The van der Waals surface area contributed by atoms with E-state index in [4.69, 9.17) is 0 Å². The van der Waals surface area contributed by atoms with Crippen LogP contribution >= 0.6 is 0 Å². The van der Waals surface area contributed by atoms with Crippen molar-refractivity contribution >= 4 is 23.4 Å². The van der Waals surface area contributed by atoms with E-state index in [1.54, 1.807) is 4.90 Å². The van der Waals surface area contributed by atoms with E-state index >= 15 is 0 Å². The second-order valence-electron chi connectivity index (χ2n) is 5.92. The standard InChI is InChI=1S/C17H25N3O3/c1-3-4-7-14-12-19(10-11-20(14)17(22)23)16-9-6-5-8-15(16)18-13(2)21/h5-6,8-9,14H,3-4,7,10-12H2,1-2H3,(H,18,21)(H,22,23). The van der Waals surface area contributed by atoms with Crippen molar-refractivity contribution in [2.24, 2.45) is 0 Å². The minimum Gasteiger partial charge on any atom is -0.465 e. The number of para-hydroxylation sites is 2. The number of anilines is 2. The predicted octanol–water partition coefficient (Wildman–Crippen LogP) is 3.00. The molecule has 1 aromatic carbocycles. The fourth-order valence-electron chi connectivity index (χ4n) is 3.06. The van der Waals surface area contributed by atoms with Crippen LogP contribution in [0.2, 0.25) is 0 Å². The molecule has 0 bridgehead atoms. The summed E-state index contributed by atoms with van der Waals surface area (Å²) in [5, 5.41) is 12.2. The maximum Gasteiger partial charge on any atom is 0.407 e. The first-order valence-corrected chi connectivity index (χ1v) is 8.14. The van der Waals surface area contributed by atoms with Crippen molar-refractivity contribution in [3.63, 3.8) is 0 Å². The van der Waals surface area contributed by atoms with Crippen LogP contribution in [0.25, 0.3) is 0 Å². The molecule has 126 valence electrons. The lowest BCUT2D eigenvalue weighted by atomic mass is 10.0. The van der Waals surface area contributed by atoms with Gasteiger partial charge in [0.05, 0.1) is 17.4 Å². The van der Waals surface area contributed by atoms with Crippen molar-refractivity contribution in [1.82, 2.24) is 4.90 Å². The van der Waals surface area contributed by atoms with Gasteiger partial charge in [0.2, 0.25) is 5.91 Å². The molecule has 1 aromatic rings. The van der Waals surface area contributed by atoms with Gasteiger partial charge in [0.15, 0.2) is 0 Å². The predicted molar refractivity (Wildman–Crippen MR) is 91.0 cm³/mol. The summed E-state index contributed by atoms with van der Waals surface area (Å²) in [7, 11) is 0. The highest BCUT2D eigenvalue weighted by atomic mass is 16.4. The van der Waals surface area contributed by atoms with E-state index in [0.29, 0.717) is 19.6 Å². The summed E-state index contributed by atoms with van der Waals surface area (Å²) in [5.74, 6) is -0.107. The van der Waals surface area contributed by atoms with Crippen LogP contribution in [0.3, 0.4) is 0 Å². The monoisotopic (exact) mass is 319 g/mol.